The van der Waals surface area contributed by atoms with Crippen LogP contribution >= 0.6 is 0 Å². The van der Waals surface area contributed by atoms with E-state index in [0.29, 0.717) is 35.3 Å². The van der Waals surface area contributed by atoms with Gasteiger partial charge in [0.15, 0.2) is 17.4 Å². The zero-order valence-electron chi connectivity index (χ0n) is 16.5. The first-order chi connectivity index (χ1) is 15.1. The van der Waals surface area contributed by atoms with Crippen molar-refractivity contribution < 1.29 is 13.6 Å². The Morgan fingerprint density at radius 1 is 1.29 bits per heavy atom. The molecule has 1 N–H and O–H groups in total. The van der Waals surface area contributed by atoms with Crippen LogP contribution in [0.15, 0.2) is 53.5 Å². The van der Waals surface area contributed by atoms with E-state index in [1.54, 1.807) is 34.1 Å². The van der Waals surface area contributed by atoms with E-state index in [9.17, 15) is 9.18 Å². The second kappa shape index (κ2) is 6.49. The number of H-pyrrole nitrogens is 1. The largest absolute Gasteiger partial charge is 0.438 e. The van der Waals surface area contributed by atoms with E-state index in [-0.39, 0.29) is 17.3 Å². The summed E-state index contributed by atoms with van der Waals surface area (Å²) in [6, 6.07) is 7.70. The van der Waals surface area contributed by atoms with Crippen LogP contribution in [0.4, 0.5) is 4.39 Å². The molecule has 1 atom stereocenters. The Hall–Kier alpha value is -4.01. The maximum atomic E-state index is 14.3. The standard InChI is InChI=1S/C22H17FN6O2/c1-12-5-6-16-13(9-26-29(16)10-12)22(30)28-8-7-15-19(25-11-24-15)20(28)21-27-18-14(23)3-2-4-17(18)31-21/h2-6,9-11,20H,7-8H2,1H3,(H,24,25)/t20-/m0/s1. The molecular formula is C22H17FN6O2. The lowest BCUT2D eigenvalue weighted by molar-refractivity contribution is 0.0669. The van der Waals surface area contributed by atoms with Gasteiger partial charge in [-0.25, -0.2) is 18.9 Å². The first-order valence-electron chi connectivity index (χ1n) is 9.92. The van der Waals surface area contributed by atoms with Crippen molar-refractivity contribution in [3.63, 3.8) is 0 Å². The molecule has 9 heteroatoms. The predicted molar refractivity (Wildman–Crippen MR) is 109 cm³/mol. The summed E-state index contributed by atoms with van der Waals surface area (Å²) in [5.41, 5.74) is 4.26. The molecule has 4 aromatic heterocycles. The maximum Gasteiger partial charge on any atom is 0.258 e. The van der Waals surface area contributed by atoms with Crippen LogP contribution in [0.3, 0.4) is 0 Å². The number of nitrogens with zero attached hydrogens (tertiary/aromatic N) is 5. The van der Waals surface area contributed by atoms with Crippen molar-refractivity contribution in [2.75, 3.05) is 6.54 Å². The Kier molecular flexibility index (Phi) is 3.73. The number of aromatic nitrogens is 5. The van der Waals surface area contributed by atoms with Gasteiger partial charge in [0.1, 0.15) is 5.52 Å². The molecule has 0 bridgehead atoms. The SMILES string of the molecule is Cc1ccc2c(C(=O)N3CCc4[nH]cnc4[C@H]3c3nc4c(F)cccc4o3)cnn2c1. The number of nitrogens with one attached hydrogen (secondary N) is 1. The number of fused-ring (bicyclic) bond motifs is 3. The highest BCUT2D eigenvalue weighted by Gasteiger charge is 2.38. The normalized spacial score (nSPS) is 16.2. The second-order valence-electron chi connectivity index (χ2n) is 7.65. The molecule has 1 aliphatic heterocycles. The van der Waals surface area contributed by atoms with Crippen LogP contribution < -0.4 is 0 Å². The van der Waals surface area contributed by atoms with Gasteiger partial charge in [-0.3, -0.25) is 4.79 Å². The van der Waals surface area contributed by atoms with E-state index in [1.165, 1.54) is 6.07 Å². The van der Waals surface area contributed by atoms with Gasteiger partial charge in [0.05, 0.1) is 29.3 Å². The zero-order chi connectivity index (χ0) is 21.1. The van der Waals surface area contributed by atoms with Gasteiger partial charge in [0, 0.05) is 24.9 Å². The van der Waals surface area contributed by atoms with Gasteiger partial charge in [-0.15, -0.1) is 0 Å². The van der Waals surface area contributed by atoms with Crippen LogP contribution in [0.5, 0.6) is 0 Å². The highest BCUT2D eigenvalue weighted by molar-refractivity contribution is 6.01. The average Bonchev–Trinajstić information content (AvgIpc) is 3.50. The summed E-state index contributed by atoms with van der Waals surface area (Å²) in [6.45, 7) is 2.40. The number of hydrogen-bond acceptors (Lipinski definition) is 5. The minimum absolute atomic E-state index is 0.138. The molecule has 31 heavy (non-hydrogen) atoms. The average molecular weight is 416 g/mol. The fourth-order valence-corrected chi connectivity index (χ4v) is 4.20. The molecule has 0 saturated heterocycles. The number of hydrogen-bond donors (Lipinski definition) is 1. The number of halogens is 1. The van der Waals surface area contributed by atoms with Crippen molar-refractivity contribution in [3.8, 4) is 0 Å². The van der Waals surface area contributed by atoms with E-state index < -0.39 is 11.9 Å². The number of oxazole rings is 1. The highest BCUT2D eigenvalue weighted by atomic mass is 19.1. The highest BCUT2D eigenvalue weighted by Crippen LogP contribution is 2.36. The van der Waals surface area contributed by atoms with E-state index >= 15 is 0 Å². The van der Waals surface area contributed by atoms with Crippen molar-refractivity contribution >= 4 is 22.5 Å². The van der Waals surface area contributed by atoms with Crippen LogP contribution in [0.2, 0.25) is 0 Å². The van der Waals surface area contributed by atoms with Gasteiger partial charge in [-0.05, 0) is 30.7 Å². The lowest BCUT2D eigenvalue weighted by Crippen LogP contribution is -2.41. The molecule has 0 saturated carbocycles. The van der Waals surface area contributed by atoms with Crippen LogP contribution in [-0.4, -0.2) is 41.9 Å². The van der Waals surface area contributed by atoms with Crippen molar-refractivity contribution in [1.29, 1.82) is 0 Å². The number of imidazole rings is 1. The summed E-state index contributed by atoms with van der Waals surface area (Å²) in [7, 11) is 0. The molecule has 1 aliphatic rings. The third kappa shape index (κ3) is 2.66. The Balaban J connectivity index is 1.49. The molecule has 8 nitrogen and oxygen atoms in total. The Morgan fingerprint density at radius 2 is 2.19 bits per heavy atom. The number of para-hydroxylation sites is 1. The topological polar surface area (TPSA) is 92.3 Å². The number of rotatable bonds is 2. The Labute approximate surface area is 175 Å². The van der Waals surface area contributed by atoms with Gasteiger partial charge in [-0.2, -0.15) is 5.10 Å². The Morgan fingerprint density at radius 3 is 3.06 bits per heavy atom. The number of carbonyl (C=O) groups excluding carboxylic acids is 1. The number of benzene rings is 1. The smallest absolute Gasteiger partial charge is 0.258 e. The predicted octanol–water partition coefficient (Wildman–Crippen LogP) is 3.43. The molecule has 6 rings (SSSR count). The molecular weight excluding hydrogens is 399 g/mol. The molecule has 5 aromatic rings. The number of amides is 1. The molecule has 154 valence electrons. The summed E-state index contributed by atoms with van der Waals surface area (Å²) in [5, 5.41) is 4.33. The van der Waals surface area contributed by atoms with Gasteiger partial charge in [-0.1, -0.05) is 12.1 Å². The second-order valence-corrected chi connectivity index (χ2v) is 7.65. The van der Waals surface area contributed by atoms with E-state index in [4.69, 9.17) is 4.42 Å². The molecule has 5 heterocycles. The summed E-state index contributed by atoms with van der Waals surface area (Å²) < 4.78 is 21.8. The minimum Gasteiger partial charge on any atom is -0.438 e. The van der Waals surface area contributed by atoms with Crippen molar-refractivity contribution in [2.24, 2.45) is 0 Å². The van der Waals surface area contributed by atoms with Gasteiger partial charge in [0.2, 0.25) is 5.89 Å². The summed E-state index contributed by atoms with van der Waals surface area (Å²) in [6.07, 6.45) is 5.65. The summed E-state index contributed by atoms with van der Waals surface area (Å²) >= 11 is 0. The lowest BCUT2D eigenvalue weighted by atomic mass is 10.0. The van der Waals surface area contributed by atoms with Crippen LogP contribution in [0, 0.1) is 12.7 Å². The number of aromatic amines is 1. The molecule has 1 amide bonds. The number of carbonyl (C=O) groups is 1. The lowest BCUT2D eigenvalue weighted by Gasteiger charge is -2.32. The third-order valence-electron chi connectivity index (χ3n) is 5.70. The molecule has 0 unspecified atom stereocenters. The number of aryl methyl sites for hydroxylation is 1. The van der Waals surface area contributed by atoms with Gasteiger partial charge < -0.3 is 14.3 Å². The quantitative estimate of drug-likeness (QED) is 0.476. The fraction of sp³-hybridized carbons (Fsp3) is 0.182. The summed E-state index contributed by atoms with van der Waals surface area (Å²) in [4.78, 5) is 27.3. The van der Waals surface area contributed by atoms with Crippen LogP contribution in [0.1, 0.15) is 39.2 Å². The third-order valence-corrected chi connectivity index (χ3v) is 5.70. The first-order valence-corrected chi connectivity index (χ1v) is 9.92. The zero-order valence-corrected chi connectivity index (χ0v) is 16.5. The summed E-state index contributed by atoms with van der Waals surface area (Å²) in [5.74, 6) is -0.449. The van der Waals surface area contributed by atoms with E-state index in [0.717, 1.165) is 11.3 Å². The number of pyridine rings is 1. The van der Waals surface area contributed by atoms with Crippen molar-refractivity contribution in [2.45, 2.75) is 19.4 Å². The van der Waals surface area contributed by atoms with Crippen LogP contribution in [0.25, 0.3) is 16.6 Å². The van der Waals surface area contributed by atoms with Crippen molar-refractivity contribution in [3.05, 3.63) is 83.3 Å². The molecule has 0 spiro atoms. The van der Waals surface area contributed by atoms with Crippen molar-refractivity contribution in [1.82, 2.24) is 29.5 Å². The molecule has 0 aliphatic carbocycles. The van der Waals surface area contributed by atoms with Gasteiger partial charge >= 0.3 is 0 Å². The maximum absolute atomic E-state index is 14.3. The van der Waals surface area contributed by atoms with E-state index in [1.807, 2.05) is 25.3 Å². The van der Waals surface area contributed by atoms with Crippen LogP contribution in [-0.2, 0) is 6.42 Å². The molecule has 0 fully saturated rings. The van der Waals surface area contributed by atoms with Gasteiger partial charge in [0.25, 0.3) is 5.91 Å². The Bertz CT molecular complexity index is 1470. The molecule has 1 aromatic carbocycles. The first kappa shape index (κ1) is 17.8. The van der Waals surface area contributed by atoms with E-state index in [2.05, 4.69) is 20.1 Å². The minimum atomic E-state index is -0.672. The monoisotopic (exact) mass is 416 g/mol. The fourth-order valence-electron chi connectivity index (χ4n) is 4.20. The molecule has 0 radical (unpaired) electrons.